The minimum Gasteiger partial charge on any atom is -0.496 e. The standard InChI is InChI=1S/C19H28N2O3.C2H2O4/c1-23-18-7-3-2-5-16(18)14-21-10-8-15(9-11-21)19(22)20-13-17-6-4-12-24-17;3-1(4)2(5)6/h2-3,5,7,15,17H,4,6,8-14H2,1H3,(H,20,22);(H,3,4)(H,5,6). The van der Waals surface area contributed by atoms with Gasteiger partial charge in [0, 0.05) is 31.2 Å². The first-order valence-electron chi connectivity index (χ1n) is 10.1. The lowest BCUT2D eigenvalue weighted by atomic mass is 9.95. The molecule has 1 unspecified atom stereocenters. The number of carboxylic acids is 2. The summed E-state index contributed by atoms with van der Waals surface area (Å²) in [4.78, 5) is 32.9. The van der Waals surface area contributed by atoms with Gasteiger partial charge in [-0.05, 0) is 44.8 Å². The fraction of sp³-hybridized carbons (Fsp3) is 0.571. The molecule has 0 aliphatic carbocycles. The van der Waals surface area contributed by atoms with Crippen LogP contribution in [0.3, 0.4) is 0 Å². The molecule has 9 nitrogen and oxygen atoms in total. The van der Waals surface area contributed by atoms with Gasteiger partial charge in [0.15, 0.2) is 0 Å². The van der Waals surface area contributed by atoms with Crippen molar-refractivity contribution in [3.63, 3.8) is 0 Å². The van der Waals surface area contributed by atoms with Crippen LogP contribution >= 0.6 is 0 Å². The van der Waals surface area contributed by atoms with E-state index in [4.69, 9.17) is 29.3 Å². The first-order chi connectivity index (χ1) is 14.4. The van der Waals surface area contributed by atoms with Crippen molar-refractivity contribution < 1.29 is 34.1 Å². The average molecular weight is 422 g/mol. The molecule has 3 N–H and O–H groups in total. The highest BCUT2D eigenvalue weighted by molar-refractivity contribution is 6.27. The van der Waals surface area contributed by atoms with Crippen molar-refractivity contribution in [2.75, 3.05) is 33.4 Å². The van der Waals surface area contributed by atoms with Gasteiger partial charge in [0.1, 0.15) is 5.75 Å². The van der Waals surface area contributed by atoms with Gasteiger partial charge < -0.3 is 25.0 Å². The summed E-state index contributed by atoms with van der Waals surface area (Å²) >= 11 is 0. The van der Waals surface area contributed by atoms with Gasteiger partial charge >= 0.3 is 11.9 Å². The van der Waals surface area contributed by atoms with E-state index in [0.717, 1.165) is 57.7 Å². The predicted molar refractivity (Wildman–Crippen MR) is 108 cm³/mol. The Morgan fingerprint density at radius 3 is 2.37 bits per heavy atom. The Balaban J connectivity index is 0.000000469. The van der Waals surface area contributed by atoms with Gasteiger partial charge in [-0.3, -0.25) is 9.69 Å². The normalized spacial score (nSPS) is 19.4. The summed E-state index contributed by atoms with van der Waals surface area (Å²) in [6.45, 7) is 4.29. The zero-order valence-corrected chi connectivity index (χ0v) is 17.2. The molecule has 2 fully saturated rings. The van der Waals surface area contributed by atoms with E-state index < -0.39 is 11.9 Å². The SMILES string of the molecule is COc1ccccc1CN1CCC(C(=O)NCC2CCCO2)CC1.O=C(O)C(=O)O. The average Bonchev–Trinajstić information content (AvgIpc) is 3.27. The zero-order chi connectivity index (χ0) is 21.9. The quantitative estimate of drug-likeness (QED) is 0.587. The van der Waals surface area contributed by atoms with Crippen LogP contribution in [-0.4, -0.2) is 72.4 Å². The molecule has 3 rings (SSSR count). The van der Waals surface area contributed by atoms with Crippen LogP contribution in [0.15, 0.2) is 24.3 Å². The molecular weight excluding hydrogens is 392 g/mol. The van der Waals surface area contributed by atoms with Gasteiger partial charge in [-0.15, -0.1) is 0 Å². The van der Waals surface area contributed by atoms with Gasteiger partial charge in [-0.2, -0.15) is 0 Å². The Kier molecular flexibility index (Phi) is 9.56. The second-order valence-electron chi connectivity index (χ2n) is 7.35. The summed E-state index contributed by atoms with van der Waals surface area (Å²) in [5, 5.41) is 17.9. The number of carbonyl (C=O) groups is 3. The lowest BCUT2D eigenvalue weighted by Crippen LogP contribution is -2.42. The summed E-state index contributed by atoms with van der Waals surface area (Å²) in [5.41, 5.74) is 1.21. The number of ether oxygens (including phenoxy) is 2. The van der Waals surface area contributed by atoms with Gasteiger partial charge in [0.2, 0.25) is 5.91 Å². The third-order valence-electron chi connectivity index (χ3n) is 5.26. The van der Waals surface area contributed by atoms with Crippen LogP contribution in [0, 0.1) is 5.92 Å². The number of methoxy groups -OCH3 is 1. The van der Waals surface area contributed by atoms with Crippen LogP contribution in [0.5, 0.6) is 5.75 Å². The first-order valence-corrected chi connectivity index (χ1v) is 10.1. The van der Waals surface area contributed by atoms with E-state index in [1.165, 1.54) is 5.56 Å². The van der Waals surface area contributed by atoms with Crippen molar-refractivity contribution in [1.29, 1.82) is 0 Å². The lowest BCUT2D eigenvalue weighted by molar-refractivity contribution is -0.159. The van der Waals surface area contributed by atoms with E-state index >= 15 is 0 Å². The van der Waals surface area contributed by atoms with E-state index in [9.17, 15) is 4.79 Å². The number of benzene rings is 1. The van der Waals surface area contributed by atoms with Crippen LogP contribution in [-0.2, 0) is 25.7 Å². The summed E-state index contributed by atoms with van der Waals surface area (Å²) < 4.78 is 11.0. The van der Waals surface area contributed by atoms with Gasteiger partial charge in [0.25, 0.3) is 0 Å². The molecule has 1 amide bonds. The Hall–Kier alpha value is -2.65. The van der Waals surface area contributed by atoms with E-state index in [1.54, 1.807) is 7.11 Å². The van der Waals surface area contributed by atoms with Crippen molar-refractivity contribution in [3.8, 4) is 5.75 Å². The van der Waals surface area contributed by atoms with Crippen molar-refractivity contribution in [1.82, 2.24) is 10.2 Å². The molecule has 166 valence electrons. The Bertz CT molecular complexity index is 699. The number of carboxylic acid groups (broad SMARTS) is 2. The van der Waals surface area contributed by atoms with Crippen molar-refractivity contribution >= 4 is 17.8 Å². The Labute approximate surface area is 176 Å². The molecule has 1 aromatic carbocycles. The number of hydrogen-bond donors (Lipinski definition) is 3. The van der Waals surface area contributed by atoms with E-state index in [1.807, 2.05) is 18.2 Å². The number of nitrogens with zero attached hydrogens (tertiary/aromatic N) is 1. The fourth-order valence-electron chi connectivity index (χ4n) is 3.59. The number of carbonyl (C=O) groups excluding carboxylic acids is 1. The van der Waals surface area contributed by atoms with Gasteiger partial charge in [-0.1, -0.05) is 18.2 Å². The highest BCUT2D eigenvalue weighted by Crippen LogP contribution is 2.23. The summed E-state index contributed by atoms with van der Waals surface area (Å²) in [5.74, 6) is -2.37. The highest BCUT2D eigenvalue weighted by atomic mass is 16.5. The highest BCUT2D eigenvalue weighted by Gasteiger charge is 2.26. The largest absolute Gasteiger partial charge is 0.496 e. The molecule has 0 bridgehead atoms. The summed E-state index contributed by atoms with van der Waals surface area (Å²) in [6.07, 6.45) is 4.25. The topological polar surface area (TPSA) is 125 Å². The number of para-hydroxylation sites is 1. The van der Waals surface area contributed by atoms with Crippen molar-refractivity contribution in [2.24, 2.45) is 5.92 Å². The first kappa shape index (κ1) is 23.6. The fourth-order valence-corrected chi connectivity index (χ4v) is 3.59. The number of aliphatic carboxylic acids is 2. The number of amides is 1. The second-order valence-corrected chi connectivity index (χ2v) is 7.35. The molecule has 9 heteroatoms. The molecule has 1 aromatic rings. The lowest BCUT2D eigenvalue weighted by Gasteiger charge is -2.31. The van der Waals surface area contributed by atoms with Crippen LogP contribution in [0.4, 0.5) is 0 Å². The monoisotopic (exact) mass is 422 g/mol. The number of nitrogens with one attached hydrogen (secondary N) is 1. The van der Waals surface area contributed by atoms with Crippen LogP contribution in [0.25, 0.3) is 0 Å². The molecule has 0 aromatic heterocycles. The molecule has 0 saturated carbocycles. The number of likely N-dealkylation sites (tertiary alicyclic amines) is 1. The predicted octanol–water partition coefficient (Wildman–Crippen LogP) is 1.36. The molecule has 1 atom stereocenters. The third kappa shape index (κ3) is 7.64. The minimum absolute atomic E-state index is 0.139. The van der Waals surface area contributed by atoms with E-state index in [0.29, 0.717) is 6.54 Å². The number of hydrogen-bond acceptors (Lipinski definition) is 6. The molecule has 30 heavy (non-hydrogen) atoms. The minimum atomic E-state index is -1.82. The third-order valence-corrected chi connectivity index (χ3v) is 5.26. The van der Waals surface area contributed by atoms with Crippen LogP contribution in [0.1, 0.15) is 31.2 Å². The summed E-state index contributed by atoms with van der Waals surface area (Å²) in [7, 11) is 1.71. The van der Waals surface area contributed by atoms with E-state index in [2.05, 4.69) is 16.3 Å². The molecule has 0 radical (unpaired) electrons. The Morgan fingerprint density at radius 2 is 1.80 bits per heavy atom. The number of rotatable bonds is 6. The maximum absolute atomic E-state index is 12.3. The van der Waals surface area contributed by atoms with Gasteiger partial charge in [0.05, 0.1) is 13.2 Å². The van der Waals surface area contributed by atoms with Crippen LogP contribution in [0.2, 0.25) is 0 Å². The molecule has 0 spiro atoms. The smallest absolute Gasteiger partial charge is 0.414 e. The molecular formula is C21H30N2O7. The molecule has 2 aliphatic rings. The van der Waals surface area contributed by atoms with E-state index in [-0.39, 0.29) is 17.9 Å². The second kappa shape index (κ2) is 12.1. The van der Waals surface area contributed by atoms with Crippen LogP contribution < -0.4 is 10.1 Å². The molecule has 2 saturated heterocycles. The van der Waals surface area contributed by atoms with Crippen molar-refractivity contribution in [2.45, 2.75) is 38.3 Å². The molecule has 2 aliphatic heterocycles. The summed E-state index contributed by atoms with van der Waals surface area (Å²) in [6, 6.07) is 8.15. The maximum Gasteiger partial charge on any atom is 0.414 e. The number of piperidine rings is 1. The van der Waals surface area contributed by atoms with Gasteiger partial charge in [-0.25, -0.2) is 9.59 Å². The maximum atomic E-state index is 12.3. The molecule has 2 heterocycles. The Morgan fingerprint density at radius 1 is 1.13 bits per heavy atom. The zero-order valence-electron chi connectivity index (χ0n) is 17.2. The van der Waals surface area contributed by atoms with Crippen molar-refractivity contribution in [3.05, 3.63) is 29.8 Å².